The van der Waals surface area contributed by atoms with E-state index in [2.05, 4.69) is 20.7 Å². The molecule has 106 valence electrons. The van der Waals surface area contributed by atoms with Crippen LogP contribution in [0.4, 0.5) is 5.69 Å². The summed E-state index contributed by atoms with van der Waals surface area (Å²) in [6.45, 7) is 2.24. The number of benzene rings is 1. The van der Waals surface area contributed by atoms with Crippen molar-refractivity contribution in [3.8, 4) is 0 Å². The first kappa shape index (κ1) is 15.9. The smallest absolute Gasteiger partial charge is 0.337 e. The van der Waals surface area contributed by atoms with Gasteiger partial charge in [-0.25, -0.2) is 13.2 Å². The molecule has 0 atom stereocenters. The number of carboxylic acid groups (broad SMARTS) is 1. The second kappa shape index (κ2) is 6.88. The minimum absolute atomic E-state index is 0.0199. The van der Waals surface area contributed by atoms with Crippen molar-refractivity contribution in [2.45, 2.75) is 6.92 Å². The van der Waals surface area contributed by atoms with Gasteiger partial charge in [0.2, 0.25) is 10.0 Å². The number of hydrogen-bond acceptors (Lipinski definition) is 4. The second-order valence-electron chi connectivity index (χ2n) is 3.59. The van der Waals surface area contributed by atoms with Crippen molar-refractivity contribution in [1.29, 1.82) is 0 Å². The maximum absolute atomic E-state index is 11.8. The van der Waals surface area contributed by atoms with Gasteiger partial charge in [-0.3, -0.25) is 4.72 Å². The Labute approximate surface area is 120 Å². The fraction of sp³-hybridized carbons (Fsp3) is 0.364. The molecule has 0 heterocycles. The molecule has 6 nitrogen and oxygen atoms in total. The molecule has 19 heavy (non-hydrogen) atoms. The predicted molar refractivity (Wildman–Crippen MR) is 75.0 cm³/mol. The van der Waals surface area contributed by atoms with Gasteiger partial charge in [-0.15, -0.1) is 0 Å². The Hall–Kier alpha value is -1.12. The van der Waals surface area contributed by atoms with Crippen LogP contribution < -0.4 is 4.72 Å². The van der Waals surface area contributed by atoms with Gasteiger partial charge in [0.15, 0.2) is 0 Å². The summed E-state index contributed by atoms with van der Waals surface area (Å²) in [4.78, 5) is 11.0. The number of sulfonamides is 1. The molecule has 1 aromatic rings. The van der Waals surface area contributed by atoms with E-state index in [0.29, 0.717) is 11.1 Å². The molecule has 0 amide bonds. The van der Waals surface area contributed by atoms with Gasteiger partial charge >= 0.3 is 5.97 Å². The fourth-order valence-electron chi connectivity index (χ4n) is 1.33. The molecular formula is C11H14BrNO5S. The molecule has 0 aliphatic rings. The number of nitrogens with one attached hydrogen (secondary N) is 1. The summed E-state index contributed by atoms with van der Waals surface area (Å²) in [5.74, 6) is -1.44. The number of carbonyl (C=O) groups is 1. The van der Waals surface area contributed by atoms with Crippen LogP contribution in [0, 0.1) is 0 Å². The molecule has 2 N–H and O–H groups in total. The molecule has 0 unspecified atom stereocenters. The Balaban J connectivity index is 2.95. The molecule has 0 saturated carbocycles. The quantitative estimate of drug-likeness (QED) is 0.732. The lowest BCUT2D eigenvalue weighted by atomic mass is 10.2. The van der Waals surface area contributed by atoms with E-state index in [1.165, 1.54) is 12.1 Å². The lowest BCUT2D eigenvalue weighted by Crippen LogP contribution is -2.21. The van der Waals surface area contributed by atoms with Gasteiger partial charge in [0.25, 0.3) is 0 Å². The molecule has 1 aromatic carbocycles. The molecule has 0 aliphatic carbocycles. The van der Waals surface area contributed by atoms with E-state index < -0.39 is 16.0 Å². The third-order valence-electron chi connectivity index (χ3n) is 2.20. The standard InChI is InChI=1S/C11H14BrNO5S/c1-2-18-6-7-19(16,17)13-10-8(11(14)15)4-3-5-9(10)12/h3-5,13H,2,6-7H2,1H3,(H,14,15). The van der Waals surface area contributed by atoms with Crippen LogP contribution >= 0.6 is 15.9 Å². The average Bonchev–Trinajstić information content (AvgIpc) is 2.31. The number of rotatable bonds is 7. The monoisotopic (exact) mass is 351 g/mol. The molecule has 1 rings (SSSR count). The first-order valence-electron chi connectivity index (χ1n) is 5.47. The maximum Gasteiger partial charge on any atom is 0.337 e. The van der Waals surface area contributed by atoms with Crippen LogP contribution in [-0.2, 0) is 14.8 Å². The van der Waals surface area contributed by atoms with Gasteiger partial charge in [0, 0.05) is 11.1 Å². The number of para-hydroxylation sites is 1. The summed E-state index contributed by atoms with van der Waals surface area (Å²) in [5, 5.41) is 9.02. The minimum Gasteiger partial charge on any atom is -0.478 e. The second-order valence-corrected chi connectivity index (χ2v) is 6.28. The van der Waals surface area contributed by atoms with Crippen molar-refractivity contribution in [2.24, 2.45) is 0 Å². The molecule has 8 heteroatoms. The number of aromatic carboxylic acids is 1. The van der Waals surface area contributed by atoms with Gasteiger partial charge in [-0.2, -0.15) is 0 Å². The van der Waals surface area contributed by atoms with Crippen LogP contribution in [0.25, 0.3) is 0 Å². The van der Waals surface area contributed by atoms with E-state index in [1.807, 2.05) is 0 Å². The molecule has 0 aliphatic heterocycles. The Morgan fingerprint density at radius 1 is 1.47 bits per heavy atom. The Kier molecular flexibility index (Phi) is 5.77. The van der Waals surface area contributed by atoms with Crippen LogP contribution in [0.5, 0.6) is 0 Å². The highest BCUT2D eigenvalue weighted by atomic mass is 79.9. The van der Waals surface area contributed by atoms with E-state index in [4.69, 9.17) is 9.84 Å². The topological polar surface area (TPSA) is 92.7 Å². The molecule has 0 bridgehead atoms. The molecule has 0 radical (unpaired) electrons. The summed E-state index contributed by atoms with van der Waals surface area (Å²) in [6, 6.07) is 4.41. The van der Waals surface area contributed by atoms with Gasteiger partial charge in [0.05, 0.1) is 23.6 Å². The zero-order valence-electron chi connectivity index (χ0n) is 10.2. The molecule has 0 saturated heterocycles. The van der Waals surface area contributed by atoms with Crippen molar-refractivity contribution < 1.29 is 23.1 Å². The van der Waals surface area contributed by atoms with E-state index in [1.54, 1.807) is 13.0 Å². The minimum atomic E-state index is -3.65. The molecular weight excluding hydrogens is 338 g/mol. The Morgan fingerprint density at radius 2 is 2.16 bits per heavy atom. The molecule has 0 fully saturated rings. The Bertz CT molecular complexity index is 558. The van der Waals surface area contributed by atoms with Gasteiger partial charge in [-0.05, 0) is 35.0 Å². The van der Waals surface area contributed by atoms with Crippen molar-refractivity contribution in [3.63, 3.8) is 0 Å². The highest BCUT2D eigenvalue weighted by Crippen LogP contribution is 2.27. The van der Waals surface area contributed by atoms with Crippen LogP contribution in [0.15, 0.2) is 22.7 Å². The first-order chi connectivity index (χ1) is 8.87. The summed E-state index contributed by atoms with van der Waals surface area (Å²) in [6.07, 6.45) is 0. The lowest BCUT2D eigenvalue weighted by Gasteiger charge is -2.12. The van der Waals surface area contributed by atoms with Crippen molar-refractivity contribution >= 4 is 37.6 Å². The van der Waals surface area contributed by atoms with Crippen LogP contribution in [0.2, 0.25) is 0 Å². The third kappa shape index (κ3) is 4.81. The van der Waals surface area contributed by atoms with Crippen molar-refractivity contribution in [3.05, 3.63) is 28.2 Å². The van der Waals surface area contributed by atoms with Crippen LogP contribution in [-0.4, -0.2) is 38.5 Å². The number of carboxylic acids is 1. The average molecular weight is 352 g/mol. The van der Waals surface area contributed by atoms with E-state index in [9.17, 15) is 13.2 Å². The number of hydrogen-bond donors (Lipinski definition) is 2. The summed E-state index contributed by atoms with van der Waals surface area (Å²) in [5.41, 5.74) is -0.0964. The molecule has 0 spiro atoms. The molecule has 0 aromatic heterocycles. The van der Waals surface area contributed by atoms with Crippen molar-refractivity contribution in [2.75, 3.05) is 23.7 Å². The van der Waals surface area contributed by atoms with E-state index in [-0.39, 0.29) is 23.6 Å². The zero-order chi connectivity index (χ0) is 14.5. The normalized spacial score (nSPS) is 11.3. The third-order valence-corrected chi connectivity index (χ3v) is 4.08. The van der Waals surface area contributed by atoms with Crippen LogP contribution in [0.3, 0.4) is 0 Å². The predicted octanol–water partition coefficient (Wildman–Crippen LogP) is 1.93. The Morgan fingerprint density at radius 3 is 2.74 bits per heavy atom. The summed E-state index contributed by atoms with van der Waals surface area (Å²) in [7, 11) is -3.65. The SMILES string of the molecule is CCOCCS(=O)(=O)Nc1c(Br)cccc1C(=O)O. The van der Waals surface area contributed by atoms with Gasteiger partial charge in [-0.1, -0.05) is 6.07 Å². The first-order valence-corrected chi connectivity index (χ1v) is 7.92. The maximum atomic E-state index is 11.8. The lowest BCUT2D eigenvalue weighted by molar-refractivity contribution is 0.0698. The summed E-state index contributed by atoms with van der Waals surface area (Å²) >= 11 is 3.13. The van der Waals surface area contributed by atoms with Gasteiger partial charge < -0.3 is 9.84 Å². The largest absolute Gasteiger partial charge is 0.478 e. The summed E-state index contributed by atoms with van der Waals surface area (Å²) < 4.78 is 31.2. The number of ether oxygens (including phenoxy) is 1. The number of anilines is 1. The van der Waals surface area contributed by atoms with Crippen LogP contribution in [0.1, 0.15) is 17.3 Å². The highest BCUT2D eigenvalue weighted by molar-refractivity contribution is 9.10. The highest BCUT2D eigenvalue weighted by Gasteiger charge is 2.18. The van der Waals surface area contributed by atoms with E-state index >= 15 is 0 Å². The van der Waals surface area contributed by atoms with E-state index in [0.717, 1.165) is 0 Å². The van der Waals surface area contributed by atoms with Gasteiger partial charge in [0.1, 0.15) is 0 Å². The number of halogens is 1. The van der Waals surface area contributed by atoms with Crippen molar-refractivity contribution in [1.82, 2.24) is 0 Å². The zero-order valence-corrected chi connectivity index (χ0v) is 12.6. The fourth-order valence-corrected chi connectivity index (χ4v) is 2.89.